The maximum Gasteiger partial charge on any atom is 0.376 e. The lowest BCUT2D eigenvalue weighted by Crippen LogP contribution is -2.35. The monoisotopic (exact) mass is 256 g/mol. The van der Waals surface area contributed by atoms with Crippen molar-refractivity contribution >= 4 is 24.2 Å². The number of esters is 1. The molecule has 100 valence electrons. The lowest BCUT2D eigenvalue weighted by Gasteiger charge is -2.18. The molecule has 0 aliphatic heterocycles. The van der Waals surface area contributed by atoms with Gasteiger partial charge in [0, 0.05) is 18.7 Å². The van der Waals surface area contributed by atoms with Crippen LogP contribution >= 0.6 is 0 Å². The Morgan fingerprint density at radius 1 is 1.33 bits per heavy atom. The van der Waals surface area contributed by atoms with E-state index in [0.717, 1.165) is 0 Å². The Bertz CT molecular complexity index is 376. The minimum Gasteiger partial charge on any atom is -0.464 e. The Labute approximate surface area is 105 Å². The highest BCUT2D eigenvalue weighted by Crippen LogP contribution is 2.01. The third kappa shape index (κ3) is 6.41. The maximum absolute atomic E-state index is 11.5. The average molecular weight is 256 g/mol. The van der Waals surface area contributed by atoms with Crippen molar-refractivity contribution in [2.45, 2.75) is 20.8 Å². The van der Waals surface area contributed by atoms with Gasteiger partial charge in [-0.1, -0.05) is 6.58 Å². The summed E-state index contributed by atoms with van der Waals surface area (Å²) in [4.78, 5) is 41.5. The molecule has 2 amide bonds. The van der Waals surface area contributed by atoms with Crippen LogP contribution in [0.5, 0.6) is 0 Å². The average Bonchev–Trinajstić information content (AvgIpc) is 2.27. The normalized spacial score (nSPS) is 9.94. The second-order valence-electron chi connectivity index (χ2n) is 3.27. The molecule has 0 aliphatic carbocycles. The summed E-state index contributed by atoms with van der Waals surface area (Å²) in [5.41, 5.74) is 0.140. The first-order valence-corrected chi connectivity index (χ1v) is 5.19. The molecular formula is C11H16N2O5. The van der Waals surface area contributed by atoms with Crippen LogP contribution in [0.25, 0.3) is 0 Å². The van der Waals surface area contributed by atoms with Crippen LogP contribution in [0, 0.1) is 0 Å². The number of urea groups is 1. The van der Waals surface area contributed by atoms with Gasteiger partial charge in [0.15, 0.2) is 0 Å². The topological polar surface area (TPSA) is 85.3 Å². The summed E-state index contributed by atoms with van der Waals surface area (Å²) < 4.78 is 4.64. The third-order valence-electron chi connectivity index (χ3n) is 1.59. The second-order valence-corrected chi connectivity index (χ2v) is 3.27. The number of rotatable bonds is 4. The highest BCUT2D eigenvalue weighted by Gasteiger charge is 2.18. The zero-order valence-electron chi connectivity index (χ0n) is 10.6. The van der Waals surface area contributed by atoms with E-state index in [9.17, 15) is 14.4 Å². The number of hydrogen-bond donors (Lipinski definition) is 0. The fourth-order valence-electron chi connectivity index (χ4n) is 0.805. The van der Waals surface area contributed by atoms with Crippen molar-refractivity contribution in [1.82, 2.24) is 5.06 Å². The van der Waals surface area contributed by atoms with Crippen LogP contribution in [-0.4, -0.2) is 42.4 Å². The van der Waals surface area contributed by atoms with Crippen LogP contribution in [0.1, 0.15) is 20.8 Å². The predicted octanol–water partition coefficient (Wildman–Crippen LogP) is 1.10. The zero-order chi connectivity index (χ0) is 14.1. The van der Waals surface area contributed by atoms with Crippen molar-refractivity contribution < 1.29 is 24.0 Å². The summed E-state index contributed by atoms with van der Waals surface area (Å²) in [5.74, 6) is -1.25. The first-order valence-electron chi connectivity index (χ1n) is 5.19. The van der Waals surface area contributed by atoms with Crippen molar-refractivity contribution in [3.63, 3.8) is 0 Å². The van der Waals surface area contributed by atoms with Crippen LogP contribution in [-0.2, 0) is 19.2 Å². The minimum atomic E-state index is -0.765. The molecule has 0 aromatic rings. The van der Waals surface area contributed by atoms with E-state index >= 15 is 0 Å². The van der Waals surface area contributed by atoms with Gasteiger partial charge in [0.2, 0.25) is 0 Å². The maximum atomic E-state index is 11.5. The number of amides is 2. The zero-order valence-corrected chi connectivity index (χ0v) is 10.6. The molecule has 0 aromatic carbocycles. The van der Waals surface area contributed by atoms with Crippen molar-refractivity contribution in [3.05, 3.63) is 12.2 Å². The summed E-state index contributed by atoms with van der Waals surface area (Å²) in [7, 11) is 0. The van der Waals surface area contributed by atoms with Crippen LogP contribution in [0.2, 0.25) is 0 Å². The van der Waals surface area contributed by atoms with Crippen LogP contribution in [0.15, 0.2) is 17.1 Å². The van der Waals surface area contributed by atoms with E-state index in [1.165, 1.54) is 20.1 Å². The largest absolute Gasteiger partial charge is 0.464 e. The lowest BCUT2D eigenvalue weighted by atomic mass is 10.4. The van der Waals surface area contributed by atoms with Crippen LogP contribution < -0.4 is 0 Å². The molecule has 0 fully saturated rings. The third-order valence-corrected chi connectivity index (χ3v) is 1.59. The Hall–Kier alpha value is -2.18. The smallest absolute Gasteiger partial charge is 0.376 e. The molecule has 0 saturated carbocycles. The number of carbonyl (C=O) groups is 3. The van der Waals surface area contributed by atoms with E-state index in [-0.39, 0.29) is 18.7 Å². The Morgan fingerprint density at radius 3 is 2.39 bits per heavy atom. The molecule has 0 unspecified atom stereocenters. The number of hydroxylamine groups is 2. The highest BCUT2D eigenvalue weighted by molar-refractivity contribution is 5.89. The SMILES string of the molecule is C=C(C)C(=O)ON(CCOC(C)=O)C(=O)N=CC. The van der Waals surface area contributed by atoms with Gasteiger partial charge in [-0.2, -0.15) is 0 Å². The van der Waals surface area contributed by atoms with Gasteiger partial charge in [0.1, 0.15) is 6.61 Å². The van der Waals surface area contributed by atoms with Gasteiger partial charge in [-0.15, -0.1) is 5.06 Å². The van der Waals surface area contributed by atoms with Gasteiger partial charge in [-0.05, 0) is 13.8 Å². The molecule has 0 saturated heterocycles. The predicted molar refractivity (Wildman–Crippen MR) is 63.8 cm³/mol. The first-order chi connectivity index (χ1) is 8.38. The van der Waals surface area contributed by atoms with E-state index < -0.39 is 18.0 Å². The second kappa shape index (κ2) is 7.99. The van der Waals surface area contributed by atoms with Gasteiger partial charge in [0.05, 0.1) is 6.54 Å². The molecular weight excluding hydrogens is 240 g/mol. The van der Waals surface area contributed by atoms with Crippen molar-refractivity contribution in [2.24, 2.45) is 4.99 Å². The van der Waals surface area contributed by atoms with E-state index in [2.05, 4.69) is 16.3 Å². The first kappa shape index (κ1) is 15.8. The number of nitrogens with zero attached hydrogens (tertiary/aromatic N) is 2. The molecule has 0 atom stereocenters. The molecule has 0 spiro atoms. The summed E-state index contributed by atoms with van der Waals surface area (Å²) in [5, 5.41) is 0.708. The molecule has 0 radical (unpaired) electrons. The van der Waals surface area contributed by atoms with Gasteiger partial charge >= 0.3 is 18.0 Å². The minimum absolute atomic E-state index is 0.0935. The Morgan fingerprint density at radius 2 is 1.94 bits per heavy atom. The van der Waals surface area contributed by atoms with E-state index in [0.29, 0.717) is 5.06 Å². The molecule has 7 heteroatoms. The summed E-state index contributed by atoms with van der Waals surface area (Å²) in [6, 6.07) is -0.765. The number of hydrogen-bond acceptors (Lipinski definition) is 5. The highest BCUT2D eigenvalue weighted by atomic mass is 16.7. The van der Waals surface area contributed by atoms with Gasteiger partial charge in [0.25, 0.3) is 0 Å². The van der Waals surface area contributed by atoms with E-state index in [1.807, 2.05) is 0 Å². The molecule has 7 nitrogen and oxygen atoms in total. The van der Waals surface area contributed by atoms with E-state index in [4.69, 9.17) is 4.84 Å². The molecule has 18 heavy (non-hydrogen) atoms. The summed E-state index contributed by atoms with van der Waals surface area (Å²) in [6.07, 6.45) is 1.26. The van der Waals surface area contributed by atoms with Gasteiger partial charge in [-0.25, -0.2) is 14.6 Å². The van der Waals surface area contributed by atoms with Crippen molar-refractivity contribution in [1.29, 1.82) is 0 Å². The standard InChI is InChI=1S/C11H16N2O5/c1-5-12-11(16)13(6-7-17-9(4)14)18-10(15)8(2)3/h5H,2,6-7H2,1,3-4H3. The van der Waals surface area contributed by atoms with Crippen LogP contribution in [0.4, 0.5) is 4.79 Å². The molecule has 0 aromatic heterocycles. The summed E-state index contributed by atoms with van der Waals surface area (Å²) in [6.45, 7) is 7.41. The molecule has 0 rings (SSSR count). The molecule has 0 aliphatic rings. The summed E-state index contributed by atoms with van der Waals surface area (Å²) >= 11 is 0. The molecule has 0 heterocycles. The van der Waals surface area contributed by atoms with Crippen molar-refractivity contribution in [2.75, 3.05) is 13.2 Å². The Balaban J connectivity index is 4.52. The van der Waals surface area contributed by atoms with E-state index in [1.54, 1.807) is 6.92 Å². The number of ether oxygens (including phenoxy) is 1. The fraction of sp³-hybridized carbons (Fsp3) is 0.455. The van der Waals surface area contributed by atoms with Crippen LogP contribution in [0.3, 0.4) is 0 Å². The van der Waals surface area contributed by atoms with Crippen molar-refractivity contribution in [3.8, 4) is 0 Å². The number of carbonyl (C=O) groups excluding carboxylic acids is 3. The fourth-order valence-corrected chi connectivity index (χ4v) is 0.805. The number of aliphatic imine (C=N–C) groups is 1. The quantitative estimate of drug-likeness (QED) is 0.325. The van der Waals surface area contributed by atoms with Gasteiger partial charge in [-0.3, -0.25) is 4.79 Å². The molecule has 0 bridgehead atoms. The molecule has 0 N–H and O–H groups in total. The lowest BCUT2D eigenvalue weighted by molar-refractivity contribution is -0.173. The van der Waals surface area contributed by atoms with Gasteiger partial charge < -0.3 is 9.57 Å². The Kier molecular flexibility index (Phi) is 7.02.